The second-order valence-electron chi connectivity index (χ2n) is 7.00. The second-order valence-corrected chi connectivity index (χ2v) is 7.00. The first kappa shape index (κ1) is 18.2. The lowest BCUT2D eigenvalue weighted by atomic mass is 10.1. The van der Waals surface area contributed by atoms with E-state index in [1.807, 2.05) is 0 Å². The molecular formula is C18H25FN2O3. The molecular weight excluding hydrogens is 311 g/mol. The zero-order chi connectivity index (χ0) is 17.7. The number of nitrogens with zero attached hydrogens (tertiary/aromatic N) is 1. The summed E-state index contributed by atoms with van der Waals surface area (Å²) in [6, 6.07) is 5.72. The molecule has 0 aromatic heterocycles. The van der Waals surface area contributed by atoms with Crippen LogP contribution < -0.4 is 5.32 Å². The Balaban J connectivity index is 1.84. The molecule has 1 unspecified atom stereocenters. The van der Waals surface area contributed by atoms with Gasteiger partial charge >= 0.3 is 6.09 Å². The van der Waals surface area contributed by atoms with Gasteiger partial charge in [0.1, 0.15) is 17.5 Å². The van der Waals surface area contributed by atoms with Crippen LogP contribution in [0.4, 0.5) is 9.18 Å². The molecule has 5 nitrogen and oxygen atoms in total. The number of benzene rings is 1. The van der Waals surface area contributed by atoms with Crippen LogP contribution >= 0.6 is 0 Å². The van der Waals surface area contributed by atoms with Crippen LogP contribution in [0, 0.1) is 5.82 Å². The molecule has 1 atom stereocenters. The zero-order valence-electron chi connectivity index (χ0n) is 14.5. The summed E-state index contributed by atoms with van der Waals surface area (Å²) >= 11 is 0. The van der Waals surface area contributed by atoms with Gasteiger partial charge in [-0.1, -0.05) is 12.1 Å². The number of nitrogens with one attached hydrogen (secondary N) is 1. The summed E-state index contributed by atoms with van der Waals surface area (Å²) in [5.74, 6) is -0.442. The molecule has 0 saturated carbocycles. The Morgan fingerprint density at radius 3 is 2.58 bits per heavy atom. The van der Waals surface area contributed by atoms with E-state index in [1.54, 1.807) is 32.9 Å². The van der Waals surface area contributed by atoms with Crippen molar-refractivity contribution in [3.05, 3.63) is 35.6 Å². The lowest BCUT2D eigenvalue weighted by Gasteiger charge is -2.28. The van der Waals surface area contributed by atoms with Crippen molar-refractivity contribution in [2.75, 3.05) is 13.1 Å². The van der Waals surface area contributed by atoms with Crippen LogP contribution in [0.3, 0.4) is 0 Å². The smallest absolute Gasteiger partial charge is 0.410 e. The summed E-state index contributed by atoms with van der Waals surface area (Å²) in [6.07, 6.45) is 1.60. The van der Waals surface area contributed by atoms with E-state index < -0.39 is 17.7 Å². The van der Waals surface area contributed by atoms with Crippen LogP contribution in [0.5, 0.6) is 0 Å². The summed E-state index contributed by atoms with van der Waals surface area (Å²) in [5, 5.41) is 2.85. The summed E-state index contributed by atoms with van der Waals surface area (Å²) in [5.41, 5.74) is 0.371. The highest BCUT2D eigenvalue weighted by Crippen LogP contribution is 2.21. The molecule has 1 aliphatic heterocycles. The number of halogens is 1. The Morgan fingerprint density at radius 2 is 1.96 bits per heavy atom. The van der Waals surface area contributed by atoms with Gasteiger partial charge in [-0.15, -0.1) is 0 Å². The first-order chi connectivity index (χ1) is 11.3. The average Bonchev–Trinajstić information content (AvgIpc) is 2.97. The third-order valence-corrected chi connectivity index (χ3v) is 3.81. The maximum atomic E-state index is 12.9. The molecule has 0 bridgehead atoms. The number of carbonyl (C=O) groups excluding carboxylic acids is 2. The highest BCUT2D eigenvalue weighted by molar-refractivity contribution is 5.86. The molecule has 1 fully saturated rings. The summed E-state index contributed by atoms with van der Waals surface area (Å²) < 4.78 is 18.2. The van der Waals surface area contributed by atoms with Gasteiger partial charge in [0.05, 0.1) is 0 Å². The lowest BCUT2D eigenvalue weighted by molar-refractivity contribution is -0.125. The number of hydrogen-bond donors (Lipinski definition) is 1. The Labute approximate surface area is 142 Å². The standard InChI is InChI=1S/C18H25FN2O3/c1-18(2,3)24-17(23)21-12-4-5-15(21)16(22)20-11-10-13-6-8-14(19)9-7-13/h6-9,15H,4-5,10-12H2,1-3H3,(H,20,22). The number of hydrogen-bond acceptors (Lipinski definition) is 3. The molecule has 6 heteroatoms. The van der Waals surface area contributed by atoms with Crippen molar-refractivity contribution in [2.24, 2.45) is 0 Å². The number of amides is 2. The van der Waals surface area contributed by atoms with Crippen LogP contribution in [0.2, 0.25) is 0 Å². The Kier molecular flexibility index (Phi) is 5.80. The maximum Gasteiger partial charge on any atom is 0.410 e. The number of carbonyl (C=O) groups is 2. The monoisotopic (exact) mass is 336 g/mol. The molecule has 1 aromatic carbocycles. The van der Waals surface area contributed by atoms with E-state index in [1.165, 1.54) is 17.0 Å². The Bertz CT molecular complexity index is 581. The molecule has 1 saturated heterocycles. The predicted molar refractivity (Wildman–Crippen MR) is 89.1 cm³/mol. The Morgan fingerprint density at radius 1 is 1.29 bits per heavy atom. The molecule has 2 amide bonds. The van der Waals surface area contributed by atoms with Crippen molar-refractivity contribution in [1.29, 1.82) is 0 Å². The van der Waals surface area contributed by atoms with Crippen molar-refractivity contribution >= 4 is 12.0 Å². The van der Waals surface area contributed by atoms with E-state index in [0.29, 0.717) is 25.9 Å². The first-order valence-corrected chi connectivity index (χ1v) is 8.28. The van der Waals surface area contributed by atoms with Gasteiger partial charge < -0.3 is 10.1 Å². The molecule has 1 N–H and O–H groups in total. The topological polar surface area (TPSA) is 58.6 Å². The third kappa shape index (κ3) is 5.22. The van der Waals surface area contributed by atoms with Crippen LogP contribution in [-0.2, 0) is 16.0 Å². The minimum Gasteiger partial charge on any atom is -0.444 e. The van der Waals surface area contributed by atoms with Gasteiger partial charge in [-0.3, -0.25) is 9.69 Å². The van der Waals surface area contributed by atoms with E-state index in [2.05, 4.69) is 5.32 Å². The largest absolute Gasteiger partial charge is 0.444 e. The molecule has 132 valence electrons. The fraction of sp³-hybridized carbons (Fsp3) is 0.556. The Hall–Kier alpha value is -2.11. The van der Waals surface area contributed by atoms with Gasteiger partial charge in [0.25, 0.3) is 0 Å². The van der Waals surface area contributed by atoms with E-state index >= 15 is 0 Å². The molecule has 24 heavy (non-hydrogen) atoms. The van der Waals surface area contributed by atoms with Gasteiger partial charge in [0.2, 0.25) is 5.91 Å². The fourth-order valence-electron chi connectivity index (χ4n) is 2.68. The first-order valence-electron chi connectivity index (χ1n) is 8.28. The molecule has 1 heterocycles. The third-order valence-electron chi connectivity index (χ3n) is 3.81. The van der Waals surface area contributed by atoms with Crippen molar-refractivity contribution in [3.63, 3.8) is 0 Å². The lowest BCUT2D eigenvalue weighted by Crippen LogP contribution is -2.47. The van der Waals surface area contributed by atoms with Gasteiger partial charge in [0, 0.05) is 13.1 Å². The molecule has 0 radical (unpaired) electrons. The van der Waals surface area contributed by atoms with Gasteiger partial charge in [-0.05, 0) is 57.7 Å². The van der Waals surface area contributed by atoms with Crippen LogP contribution in [-0.4, -0.2) is 41.6 Å². The summed E-state index contributed by atoms with van der Waals surface area (Å²) in [6.45, 7) is 6.39. The highest BCUT2D eigenvalue weighted by atomic mass is 19.1. The van der Waals surface area contributed by atoms with Crippen molar-refractivity contribution in [2.45, 2.75) is 51.7 Å². The number of rotatable bonds is 4. The number of ether oxygens (including phenoxy) is 1. The molecule has 0 aliphatic carbocycles. The van der Waals surface area contributed by atoms with E-state index in [-0.39, 0.29) is 11.7 Å². The SMILES string of the molecule is CC(C)(C)OC(=O)N1CCCC1C(=O)NCCc1ccc(F)cc1. The van der Waals surface area contributed by atoms with Gasteiger partial charge in [-0.25, -0.2) is 9.18 Å². The average molecular weight is 336 g/mol. The van der Waals surface area contributed by atoms with Crippen LogP contribution in [0.25, 0.3) is 0 Å². The van der Waals surface area contributed by atoms with Crippen molar-refractivity contribution in [3.8, 4) is 0 Å². The van der Waals surface area contributed by atoms with Crippen LogP contribution in [0.15, 0.2) is 24.3 Å². The second kappa shape index (κ2) is 7.64. The fourth-order valence-corrected chi connectivity index (χ4v) is 2.68. The number of likely N-dealkylation sites (tertiary alicyclic amines) is 1. The normalized spacial score (nSPS) is 17.7. The molecule has 1 aromatic rings. The minimum atomic E-state index is -0.580. The van der Waals surface area contributed by atoms with E-state index in [0.717, 1.165) is 12.0 Å². The van der Waals surface area contributed by atoms with Gasteiger partial charge in [0.15, 0.2) is 0 Å². The van der Waals surface area contributed by atoms with Crippen molar-refractivity contribution < 1.29 is 18.7 Å². The summed E-state index contributed by atoms with van der Waals surface area (Å²) in [7, 11) is 0. The van der Waals surface area contributed by atoms with Gasteiger partial charge in [-0.2, -0.15) is 0 Å². The molecule has 0 spiro atoms. The summed E-state index contributed by atoms with van der Waals surface area (Å²) in [4.78, 5) is 26.0. The molecule has 1 aliphatic rings. The maximum absolute atomic E-state index is 12.9. The van der Waals surface area contributed by atoms with E-state index in [9.17, 15) is 14.0 Å². The van der Waals surface area contributed by atoms with Crippen molar-refractivity contribution in [1.82, 2.24) is 10.2 Å². The van der Waals surface area contributed by atoms with E-state index in [4.69, 9.17) is 4.74 Å². The molecule has 2 rings (SSSR count). The predicted octanol–water partition coefficient (Wildman–Crippen LogP) is 2.88. The minimum absolute atomic E-state index is 0.166. The quantitative estimate of drug-likeness (QED) is 0.920. The zero-order valence-corrected chi connectivity index (χ0v) is 14.5. The highest BCUT2D eigenvalue weighted by Gasteiger charge is 2.36. The van der Waals surface area contributed by atoms with Crippen LogP contribution in [0.1, 0.15) is 39.2 Å².